The third kappa shape index (κ3) is 5.61. The fourth-order valence-corrected chi connectivity index (χ4v) is 5.80. The Morgan fingerprint density at radius 1 is 1.07 bits per heavy atom. The Labute approximate surface area is 255 Å². The maximum Gasteiger partial charge on any atom is 0.274 e. The molecule has 12 heteroatoms. The zero-order valence-corrected chi connectivity index (χ0v) is 25.6. The number of rotatable bonds is 9. The molecule has 4 aromatic rings. The molecule has 3 aromatic carbocycles. The van der Waals surface area contributed by atoms with E-state index in [1.807, 2.05) is 18.2 Å². The van der Waals surface area contributed by atoms with Crippen LogP contribution in [0.15, 0.2) is 54.6 Å². The number of aromatic amines is 1. The highest BCUT2D eigenvalue weighted by Crippen LogP contribution is 2.44. The van der Waals surface area contributed by atoms with Gasteiger partial charge in [0, 0.05) is 47.5 Å². The molecular weight excluding hydrogens is 583 g/mol. The van der Waals surface area contributed by atoms with Crippen LogP contribution in [0.2, 0.25) is 0 Å². The number of quaternary nitrogens is 2. The van der Waals surface area contributed by atoms with Crippen molar-refractivity contribution in [3.8, 4) is 17.2 Å². The Morgan fingerprint density at radius 3 is 2.36 bits per heavy atom. The Morgan fingerprint density at radius 2 is 1.76 bits per heavy atom. The van der Waals surface area contributed by atoms with E-state index in [1.165, 1.54) is 7.11 Å². The van der Waals surface area contributed by atoms with Gasteiger partial charge in [-0.05, 0) is 35.9 Å². The van der Waals surface area contributed by atoms with Crippen molar-refractivity contribution in [2.24, 2.45) is 0 Å². The van der Waals surface area contributed by atoms with Crippen LogP contribution in [0.5, 0.6) is 17.2 Å². The maximum absolute atomic E-state index is 14.0. The fourth-order valence-electron chi connectivity index (χ4n) is 5.53. The van der Waals surface area contributed by atoms with Crippen molar-refractivity contribution in [1.29, 1.82) is 0 Å². The number of hydrogen-bond donors (Lipinski definition) is 3. The average molecular weight is 619 g/mol. The van der Waals surface area contributed by atoms with Crippen molar-refractivity contribution in [3.05, 3.63) is 76.6 Å². The van der Waals surface area contributed by atoms with E-state index in [0.717, 1.165) is 27.9 Å². The van der Waals surface area contributed by atoms with Gasteiger partial charge in [-0.25, -0.2) is 5.21 Å². The predicted molar refractivity (Wildman–Crippen MR) is 166 cm³/mol. The fraction of sp³-hybridized carbons (Fsp3) is 0.300. The minimum Gasteiger partial charge on any atom is -0.595 e. The number of methoxy groups -OCH3 is 3. The summed E-state index contributed by atoms with van der Waals surface area (Å²) in [7, 11) is 8.80. The first-order chi connectivity index (χ1) is 19.6. The van der Waals surface area contributed by atoms with E-state index in [9.17, 15) is 15.2 Å². The van der Waals surface area contributed by atoms with Crippen LogP contribution in [0.25, 0.3) is 10.9 Å². The molecule has 2 heterocycles. The van der Waals surface area contributed by atoms with Crippen LogP contribution in [0, 0.1) is 5.21 Å². The van der Waals surface area contributed by atoms with E-state index in [2.05, 4.69) is 37.3 Å². The lowest BCUT2D eigenvalue weighted by Crippen LogP contribution is -2.99. The number of nitrogens with zero attached hydrogens (tertiary/aromatic N) is 2. The number of benzene rings is 3. The molecule has 0 spiro atoms. The van der Waals surface area contributed by atoms with Gasteiger partial charge < -0.3 is 29.3 Å². The first kappa shape index (κ1) is 31.4. The van der Waals surface area contributed by atoms with Gasteiger partial charge in [-0.3, -0.25) is 9.28 Å². The van der Waals surface area contributed by atoms with Crippen molar-refractivity contribution in [3.63, 3.8) is 0 Å². The van der Waals surface area contributed by atoms with Crippen molar-refractivity contribution in [1.82, 2.24) is 9.47 Å². The molecule has 10 nitrogen and oxygen atoms in total. The number of amides is 1. The van der Waals surface area contributed by atoms with Crippen molar-refractivity contribution in [2.75, 3.05) is 52.7 Å². The smallest absolute Gasteiger partial charge is 0.274 e. The molecule has 0 bridgehead atoms. The van der Waals surface area contributed by atoms with E-state index in [4.69, 9.17) is 25.8 Å². The second-order valence-electron chi connectivity index (χ2n) is 10.6. The summed E-state index contributed by atoms with van der Waals surface area (Å²) in [4.78, 5) is 19.0. The van der Waals surface area contributed by atoms with Gasteiger partial charge >= 0.3 is 0 Å². The highest BCUT2D eigenvalue weighted by atomic mass is 35.5. The van der Waals surface area contributed by atoms with Crippen LogP contribution in [0.1, 0.15) is 27.5 Å². The molecular formula is C30H35Cl2N4O6+. The predicted octanol–water partition coefficient (Wildman–Crippen LogP) is 4.77. The molecule has 42 heavy (non-hydrogen) atoms. The van der Waals surface area contributed by atoms with Crippen LogP contribution in [0.4, 0.5) is 17.1 Å². The molecule has 5 rings (SSSR count). The number of ether oxygens (including phenoxy) is 3. The van der Waals surface area contributed by atoms with Gasteiger partial charge in [0.25, 0.3) is 5.91 Å². The average Bonchev–Trinajstić information content (AvgIpc) is 3.57. The van der Waals surface area contributed by atoms with Gasteiger partial charge in [-0.2, -0.15) is 5.23 Å². The zero-order chi connectivity index (χ0) is 29.5. The number of H-pyrrole nitrogens is 1. The van der Waals surface area contributed by atoms with Crippen LogP contribution >= 0.6 is 24.0 Å². The molecule has 224 valence electrons. The van der Waals surface area contributed by atoms with Gasteiger partial charge in [0.15, 0.2) is 17.2 Å². The first-order valence-corrected chi connectivity index (χ1v) is 13.6. The van der Waals surface area contributed by atoms with Gasteiger partial charge in [-0.15, -0.1) is 24.0 Å². The van der Waals surface area contributed by atoms with Crippen LogP contribution in [-0.2, 0) is 6.54 Å². The number of anilines is 1. The monoisotopic (exact) mass is 617 g/mol. The van der Waals surface area contributed by atoms with Crippen LogP contribution < -0.4 is 28.8 Å². The third-order valence-electron chi connectivity index (χ3n) is 7.71. The molecule has 1 amide bonds. The van der Waals surface area contributed by atoms with Gasteiger partial charge in [0.05, 0.1) is 46.6 Å². The van der Waals surface area contributed by atoms with E-state index < -0.39 is 5.23 Å². The summed E-state index contributed by atoms with van der Waals surface area (Å²) in [5.41, 5.74) is 5.17. The molecule has 0 radical (unpaired) electrons. The number of halogens is 2. The molecule has 2 atom stereocenters. The number of carbonyl (C=O) groups is 1. The molecule has 0 saturated carbocycles. The molecule has 0 aliphatic carbocycles. The Balaban J connectivity index is 0.00000405. The number of fused-ring (bicyclic) bond motifs is 2. The largest absolute Gasteiger partial charge is 0.595 e. The number of nitrogens with one attached hydrogen (secondary N) is 2. The van der Waals surface area contributed by atoms with E-state index in [-0.39, 0.29) is 29.9 Å². The minimum atomic E-state index is -0.950. The van der Waals surface area contributed by atoms with Crippen molar-refractivity contribution in [2.45, 2.75) is 12.5 Å². The summed E-state index contributed by atoms with van der Waals surface area (Å²) >= 11 is 6.36. The summed E-state index contributed by atoms with van der Waals surface area (Å²) in [5.74, 6) is 1.62. The van der Waals surface area contributed by atoms with Gasteiger partial charge in [0.1, 0.15) is 17.9 Å². The lowest BCUT2D eigenvalue weighted by Gasteiger charge is -2.30. The lowest BCUT2D eigenvalue weighted by atomic mass is 10.0. The Kier molecular flexibility index (Phi) is 9.27. The Bertz CT molecular complexity index is 1590. The summed E-state index contributed by atoms with van der Waals surface area (Å²) in [6, 6.07) is 16.7. The molecule has 1 aliphatic heterocycles. The quantitative estimate of drug-likeness (QED) is 0.142. The molecule has 1 aliphatic rings. The summed E-state index contributed by atoms with van der Waals surface area (Å²) in [6.45, 7) is 1.10. The topological polar surface area (TPSA) is 112 Å². The van der Waals surface area contributed by atoms with Crippen molar-refractivity contribution >= 4 is 57.9 Å². The molecule has 0 saturated heterocycles. The minimum absolute atomic E-state index is 0. The molecule has 1 aromatic heterocycles. The summed E-state index contributed by atoms with van der Waals surface area (Å²) in [5, 5.41) is 20.3. The number of carbonyl (C=O) groups excluding carboxylic acids is 1. The van der Waals surface area contributed by atoms with E-state index >= 15 is 0 Å². The van der Waals surface area contributed by atoms with Gasteiger partial charge in [-0.1, -0.05) is 6.07 Å². The van der Waals surface area contributed by atoms with E-state index in [0.29, 0.717) is 51.9 Å². The number of aromatic nitrogens is 1. The normalized spacial score (nSPS) is 15.2. The Hall–Kier alpha value is -3.51. The maximum atomic E-state index is 14.0. The number of alkyl halides is 1. The number of hydrogen-bond acceptors (Lipinski definition) is 6. The first-order valence-electron chi connectivity index (χ1n) is 13.1. The standard InChI is InChI=1S/C30H33ClN4O6.ClH/c1-35(2,17-18-6-8-21(9-7-18)34(37)38)22-10-11-23-20(15-31)16-33(25(23)14-22)30(36)24-12-19-13-26(39-3)28(40-4)29(41-5)27(19)32-24;/h6-14,20,34,37H,15-17H2,1-5H3;1H/p+1. The zero-order valence-electron chi connectivity index (χ0n) is 24.1. The van der Waals surface area contributed by atoms with Crippen LogP contribution in [0.3, 0.4) is 0 Å². The summed E-state index contributed by atoms with van der Waals surface area (Å²) < 4.78 is 17.1. The second kappa shape index (κ2) is 12.4. The highest BCUT2D eigenvalue weighted by molar-refractivity contribution is 6.19. The van der Waals surface area contributed by atoms with Crippen molar-refractivity contribution < 1.29 is 29.4 Å². The molecule has 2 unspecified atom stereocenters. The molecule has 0 fully saturated rings. The lowest BCUT2D eigenvalue weighted by molar-refractivity contribution is -0.991. The third-order valence-corrected chi connectivity index (χ3v) is 8.08. The highest BCUT2D eigenvalue weighted by Gasteiger charge is 2.35. The molecule has 3 N–H and O–H groups in total. The summed E-state index contributed by atoms with van der Waals surface area (Å²) in [6.07, 6.45) is 0. The van der Waals surface area contributed by atoms with E-state index in [1.54, 1.807) is 37.3 Å². The SMILES string of the molecule is COc1cc2cc(C(=O)N3CC(CCl)c4ccc([N+](C)(C)Cc5ccc([NH+]([O-])O)cc5)cc43)[nH]c2c(OC)c1OC.Cl. The second-order valence-corrected chi connectivity index (χ2v) is 11.0. The van der Waals surface area contributed by atoms with Crippen LogP contribution in [-0.4, -0.2) is 63.9 Å². The van der Waals surface area contributed by atoms with Gasteiger partial charge in [0.2, 0.25) is 5.75 Å².